The van der Waals surface area contributed by atoms with Gasteiger partial charge in [-0.2, -0.15) is 11.3 Å². The van der Waals surface area contributed by atoms with Crippen LogP contribution in [-0.2, 0) is 4.79 Å². The summed E-state index contributed by atoms with van der Waals surface area (Å²) < 4.78 is 0. The largest absolute Gasteiger partial charge is 0.349 e. The van der Waals surface area contributed by atoms with Crippen molar-refractivity contribution in [2.24, 2.45) is 0 Å². The molecule has 2 nitrogen and oxygen atoms in total. The molecule has 1 fully saturated rings. The van der Waals surface area contributed by atoms with Crippen molar-refractivity contribution in [3.63, 3.8) is 0 Å². The van der Waals surface area contributed by atoms with E-state index >= 15 is 0 Å². The van der Waals surface area contributed by atoms with Crippen LogP contribution in [0, 0.1) is 0 Å². The van der Waals surface area contributed by atoms with Crippen LogP contribution in [0.2, 0.25) is 0 Å². The van der Waals surface area contributed by atoms with E-state index in [9.17, 15) is 4.79 Å². The highest BCUT2D eigenvalue weighted by Crippen LogP contribution is 2.24. The second kappa shape index (κ2) is 2.66. The lowest BCUT2D eigenvalue weighted by molar-refractivity contribution is -0.119. The third-order valence-corrected chi connectivity index (χ3v) is 2.64. The summed E-state index contributed by atoms with van der Waals surface area (Å²) in [5, 5.41) is 7.06. The third-order valence-electron chi connectivity index (χ3n) is 1.94. The highest BCUT2D eigenvalue weighted by Gasteiger charge is 2.21. The van der Waals surface area contributed by atoms with Crippen molar-refractivity contribution in [3.8, 4) is 0 Å². The minimum absolute atomic E-state index is 0.182. The number of carbonyl (C=O) groups is 1. The Morgan fingerprint density at radius 3 is 3.09 bits per heavy atom. The molecule has 1 aliphatic rings. The first kappa shape index (κ1) is 6.85. The maximum absolute atomic E-state index is 10.8. The number of rotatable bonds is 1. The SMILES string of the molecule is O=C1CCC(c2ccsc2)N1. The van der Waals surface area contributed by atoms with Crippen molar-refractivity contribution < 1.29 is 4.79 Å². The molecule has 3 heteroatoms. The van der Waals surface area contributed by atoms with E-state index in [0.29, 0.717) is 6.42 Å². The van der Waals surface area contributed by atoms with E-state index in [-0.39, 0.29) is 11.9 Å². The normalized spacial score (nSPS) is 23.6. The van der Waals surface area contributed by atoms with Gasteiger partial charge in [0.15, 0.2) is 0 Å². The fraction of sp³-hybridized carbons (Fsp3) is 0.375. The van der Waals surface area contributed by atoms with E-state index in [1.807, 2.05) is 5.38 Å². The molecule has 1 aliphatic heterocycles. The Balaban J connectivity index is 2.13. The summed E-state index contributed by atoms with van der Waals surface area (Å²) >= 11 is 1.68. The summed E-state index contributed by atoms with van der Waals surface area (Å²) in [7, 11) is 0. The molecule has 1 N–H and O–H groups in total. The summed E-state index contributed by atoms with van der Waals surface area (Å²) in [6.45, 7) is 0. The fourth-order valence-electron chi connectivity index (χ4n) is 1.34. The highest BCUT2D eigenvalue weighted by molar-refractivity contribution is 7.07. The maximum atomic E-state index is 10.8. The molecule has 11 heavy (non-hydrogen) atoms. The minimum Gasteiger partial charge on any atom is -0.349 e. The number of thiophene rings is 1. The molecule has 0 radical (unpaired) electrons. The van der Waals surface area contributed by atoms with Crippen LogP contribution in [-0.4, -0.2) is 5.91 Å². The smallest absolute Gasteiger partial charge is 0.220 e. The third kappa shape index (κ3) is 1.28. The van der Waals surface area contributed by atoms with Gasteiger partial charge in [-0.1, -0.05) is 0 Å². The van der Waals surface area contributed by atoms with Crippen molar-refractivity contribution in [1.29, 1.82) is 0 Å². The molecule has 1 aromatic rings. The van der Waals surface area contributed by atoms with Crippen molar-refractivity contribution in [2.75, 3.05) is 0 Å². The van der Waals surface area contributed by atoms with Crippen molar-refractivity contribution in [3.05, 3.63) is 22.4 Å². The predicted molar refractivity (Wildman–Crippen MR) is 44.4 cm³/mol. The van der Waals surface area contributed by atoms with Crippen LogP contribution in [0.5, 0.6) is 0 Å². The van der Waals surface area contributed by atoms with Crippen molar-refractivity contribution in [2.45, 2.75) is 18.9 Å². The van der Waals surface area contributed by atoms with Crippen LogP contribution in [0.25, 0.3) is 0 Å². The monoisotopic (exact) mass is 167 g/mol. The number of amides is 1. The molecule has 1 saturated heterocycles. The standard InChI is InChI=1S/C8H9NOS/c10-8-2-1-7(9-8)6-3-4-11-5-6/h3-5,7H,1-2H2,(H,9,10). The Kier molecular flexibility index (Phi) is 1.66. The van der Waals surface area contributed by atoms with Gasteiger partial charge in [-0.25, -0.2) is 0 Å². The van der Waals surface area contributed by atoms with E-state index in [0.717, 1.165) is 6.42 Å². The van der Waals surface area contributed by atoms with Gasteiger partial charge in [-0.05, 0) is 28.8 Å². The van der Waals surface area contributed by atoms with Crippen LogP contribution < -0.4 is 5.32 Å². The van der Waals surface area contributed by atoms with Gasteiger partial charge in [-0.3, -0.25) is 4.79 Å². The van der Waals surface area contributed by atoms with E-state index < -0.39 is 0 Å². The Hall–Kier alpha value is -0.830. The Morgan fingerprint density at radius 1 is 1.64 bits per heavy atom. The molecule has 1 amide bonds. The van der Waals surface area contributed by atoms with Crippen LogP contribution in [0.1, 0.15) is 24.4 Å². The van der Waals surface area contributed by atoms with E-state index in [4.69, 9.17) is 0 Å². The molecule has 0 spiro atoms. The Bertz CT molecular complexity index is 255. The summed E-state index contributed by atoms with van der Waals surface area (Å²) in [5.74, 6) is 0.182. The zero-order valence-corrected chi connectivity index (χ0v) is 6.86. The van der Waals surface area contributed by atoms with Gasteiger partial charge in [0, 0.05) is 6.42 Å². The highest BCUT2D eigenvalue weighted by atomic mass is 32.1. The van der Waals surface area contributed by atoms with Crippen LogP contribution in [0.15, 0.2) is 16.8 Å². The molecule has 1 unspecified atom stereocenters. The molecule has 0 aliphatic carbocycles. The molecule has 1 atom stereocenters. The van der Waals surface area contributed by atoms with Crippen molar-refractivity contribution >= 4 is 17.2 Å². The van der Waals surface area contributed by atoms with Gasteiger partial charge in [0.05, 0.1) is 6.04 Å². The fourth-order valence-corrected chi connectivity index (χ4v) is 2.05. The van der Waals surface area contributed by atoms with E-state index in [2.05, 4.69) is 16.8 Å². The lowest BCUT2D eigenvalue weighted by atomic mass is 10.1. The molecular formula is C8H9NOS. The van der Waals surface area contributed by atoms with Crippen LogP contribution in [0.4, 0.5) is 0 Å². The quantitative estimate of drug-likeness (QED) is 0.677. The van der Waals surface area contributed by atoms with Gasteiger partial charge in [-0.15, -0.1) is 0 Å². The second-order valence-electron chi connectivity index (χ2n) is 2.72. The van der Waals surface area contributed by atoms with Crippen molar-refractivity contribution in [1.82, 2.24) is 5.32 Å². The first-order valence-electron chi connectivity index (χ1n) is 3.68. The first-order valence-corrected chi connectivity index (χ1v) is 4.62. The van der Waals surface area contributed by atoms with Crippen LogP contribution >= 0.6 is 11.3 Å². The number of carbonyl (C=O) groups excluding carboxylic acids is 1. The zero-order valence-electron chi connectivity index (χ0n) is 6.04. The molecule has 2 heterocycles. The summed E-state index contributed by atoms with van der Waals surface area (Å²) in [6.07, 6.45) is 1.63. The molecule has 2 rings (SSSR count). The van der Waals surface area contributed by atoms with Gasteiger partial charge >= 0.3 is 0 Å². The summed E-state index contributed by atoms with van der Waals surface area (Å²) in [6, 6.07) is 2.36. The average Bonchev–Trinajstić information content (AvgIpc) is 2.55. The van der Waals surface area contributed by atoms with E-state index in [1.165, 1.54) is 5.56 Å². The van der Waals surface area contributed by atoms with Gasteiger partial charge < -0.3 is 5.32 Å². The molecule has 0 saturated carbocycles. The Morgan fingerprint density at radius 2 is 2.55 bits per heavy atom. The van der Waals surface area contributed by atoms with Crippen LogP contribution in [0.3, 0.4) is 0 Å². The topological polar surface area (TPSA) is 29.1 Å². The van der Waals surface area contributed by atoms with E-state index in [1.54, 1.807) is 11.3 Å². The number of nitrogens with one attached hydrogen (secondary N) is 1. The van der Waals surface area contributed by atoms with Gasteiger partial charge in [0.2, 0.25) is 5.91 Å². The first-order chi connectivity index (χ1) is 5.36. The molecular weight excluding hydrogens is 158 g/mol. The molecule has 58 valence electrons. The summed E-state index contributed by atoms with van der Waals surface area (Å²) in [4.78, 5) is 10.8. The zero-order chi connectivity index (χ0) is 7.68. The lowest BCUT2D eigenvalue weighted by Crippen LogP contribution is -2.17. The maximum Gasteiger partial charge on any atom is 0.220 e. The molecule has 0 bridgehead atoms. The number of hydrogen-bond acceptors (Lipinski definition) is 2. The lowest BCUT2D eigenvalue weighted by Gasteiger charge is -2.05. The minimum atomic E-state index is 0.182. The predicted octanol–water partition coefficient (Wildman–Crippen LogP) is 1.70. The second-order valence-corrected chi connectivity index (χ2v) is 3.50. The molecule has 0 aromatic carbocycles. The average molecular weight is 167 g/mol. The molecule has 1 aromatic heterocycles. The van der Waals surface area contributed by atoms with Gasteiger partial charge in [0.25, 0.3) is 0 Å². The summed E-state index contributed by atoms with van der Waals surface area (Å²) in [5.41, 5.74) is 1.25. The number of hydrogen-bond donors (Lipinski definition) is 1. The van der Waals surface area contributed by atoms with Gasteiger partial charge in [0.1, 0.15) is 0 Å². The Labute approximate surface area is 69.2 Å².